The Kier molecular flexibility index (Phi) is 3.98. The van der Waals surface area contributed by atoms with Crippen molar-refractivity contribution in [2.75, 3.05) is 13.1 Å². The summed E-state index contributed by atoms with van der Waals surface area (Å²) in [5, 5.41) is 11.5. The van der Waals surface area contributed by atoms with Crippen LogP contribution in [0.4, 0.5) is 4.39 Å². The van der Waals surface area contributed by atoms with Gasteiger partial charge in [-0.3, -0.25) is 4.90 Å². The molecule has 1 N–H and O–H groups in total. The van der Waals surface area contributed by atoms with Gasteiger partial charge in [-0.05, 0) is 38.1 Å². The van der Waals surface area contributed by atoms with Crippen LogP contribution in [0, 0.1) is 5.82 Å². The average molecular weight is 290 g/mol. The molecule has 6 heteroatoms. The van der Waals surface area contributed by atoms with Gasteiger partial charge in [-0.1, -0.05) is 0 Å². The molecule has 1 aromatic heterocycles. The summed E-state index contributed by atoms with van der Waals surface area (Å²) in [6.07, 6.45) is 0. The zero-order chi connectivity index (χ0) is 14.8. The minimum Gasteiger partial charge on any atom is -0.419 e. The first-order valence-electron chi connectivity index (χ1n) is 7.18. The van der Waals surface area contributed by atoms with E-state index >= 15 is 0 Å². The molecular weight excluding hydrogens is 271 g/mol. The lowest BCUT2D eigenvalue weighted by Crippen LogP contribution is -2.54. The Morgan fingerprint density at radius 1 is 1.19 bits per heavy atom. The van der Waals surface area contributed by atoms with Gasteiger partial charge in [0, 0.05) is 30.7 Å². The van der Waals surface area contributed by atoms with E-state index in [1.54, 1.807) is 12.1 Å². The Morgan fingerprint density at radius 2 is 1.86 bits per heavy atom. The molecule has 0 amide bonds. The molecule has 0 saturated carbocycles. The molecule has 5 nitrogen and oxygen atoms in total. The van der Waals surface area contributed by atoms with Gasteiger partial charge in [-0.2, -0.15) is 0 Å². The lowest BCUT2D eigenvalue weighted by molar-refractivity contribution is 0.0979. The fraction of sp³-hybridized carbons (Fsp3) is 0.467. The van der Waals surface area contributed by atoms with Crippen molar-refractivity contribution in [3.63, 3.8) is 0 Å². The Hall–Kier alpha value is -1.79. The van der Waals surface area contributed by atoms with Crippen LogP contribution in [-0.2, 0) is 6.54 Å². The monoisotopic (exact) mass is 290 g/mol. The van der Waals surface area contributed by atoms with Crippen LogP contribution in [0.15, 0.2) is 28.7 Å². The molecule has 0 aliphatic carbocycles. The van der Waals surface area contributed by atoms with Crippen LogP contribution >= 0.6 is 0 Å². The predicted molar refractivity (Wildman–Crippen MR) is 77.0 cm³/mol. The lowest BCUT2D eigenvalue weighted by atomic mass is 10.1. The van der Waals surface area contributed by atoms with Gasteiger partial charge in [0.05, 0.1) is 6.54 Å². The van der Waals surface area contributed by atoms with E-state index in [-0.39, 0.29) is 5.82 Å². The minimum atomic E-state index is -0.276. The molecule has 112 valence electrons. The summed E-state index contributed by atoms with van der Waals surface area (Å²) in [7, 11) is 0. The molecule has 1 fully saturated rings. The largest absolute Gasteiger partial charge is 0.419 e. The summed E-state index contributed by atoms with van der Waals surface area (Å²) in [6, 6.07) is 6.91. The second-order valence-corrected chi connectivity index (χ2v) is 5.54. The van der Waals surface area contributed by atoms with Crippen molar-refractivity contribution in [2.45, 2.75) is 32.5 Å². The van der Waals surface area contributed by atoms with Crippen LogP contribution in [-0.4, -0.2) is 40.3 Å². The molecule has 3 rings (SSSR count). The Morgan fingerprint density at radius 3 is 2.52 bits per heavy atom. The van der Waals surface area contributed by atoms with E-state index in [9.17, 15) is 4.39 Å². The highest BCUT2D eigenvalue weighted by Gasteiger charge is 2.26. The molecular formula is C15H19FN4O. The molecule has 1 aliphatic heterocycles. The van der Waals surface area contributed by atoms with Crippen molar-refractivity contribution < 1.29 is 8.81 Å². The lowest BCUT2D eigenvalue weighted by Gasteiger charge is -2.38. The van der Waals surface area contributed by atoms with E-state index in [0.717, 1.165) is 18.7 Å². The molecule has 2 unspecified atom stereocenters. The van der Waals surface area contributed by atoms with Crippen molar-refractivity contribution in [1.29, 1.82) is 0 Å². The third-order valence-electron chi connectivity index (χ3n) is 3.89. The maximum absolute atomic E-state index is 12.9. The summed E-state index contributed by atoms with van der Waals surface area (Å²) in [5.74, 6) is 0.748. The number of aromatic nitrogens is 2. The maximum atomic E-state index is 12.9. The minimum absolute atomic E-state index is 0.276. The van der Waals surface area contributed by atoms with Crippen LogP contribution in [0.3, 0.4) is 0 Å². The molecule has 0 spiro atoms. The molecule has 1 aliphatic rings. The first-order chi connectivity index (χ1) is 10.1. The number of hydrogen-bond donors (Lipinski definition) is 1. The molecule has 0 radical (unpaired) electrons. The first-order valence-corrected chi connectivity index (χ1v) is 7.18. The summed E-state index contributed by atoms with van der Waals surface area (Å²) < 4.78 is 18.6. The molecule has 2 heterocycles. The van der Waals surface area contributed by atoms with Crippen molar-refractivity contribution in [2.24, 2.45) is 0 Å². The second-order valence-electron chi connectivity index (χ2n) is 5.54. The van der Waals surface area contributed by atoms with Crippen molar-refractivity contribution in [3.8, 4) is 11.5 Å². The number of nitrogens with zero attached hydrogens (tertiary/aromatic N) is 3. The number of piperazine rings is 1. The number of rotatable bonds is 3. The highest BCUT2D eigenvalue weighted by Crippen LogP contribution is 2.20. The summed E-state index contributed by atoms with van der Waals surface area (Å²) in [5.41, 5.74) is 0.733. The summed E-state index contributed by atoms with van der Waals surface area (Å²) in [4.78, 5) is 2.35. The SMILES string of the molecule is CC1CNCC(C)N1Cc1nnc(-c2ccc(F)cc2)o1. The van der Waals surface area contributed by atoms with E-state index in [4.69, 9.17) is 4.42 Å². The molecule has 2 atom stereocenters. The number of nitrogens with one attached hydrogen (secondary N) is 1. The van der Waals surface area contributed by atoms with Gasteiger partial charge in [0.1, 0.15) is 5.82 Å². The fourth-order valence-corrected chi connectivity index (χ4v) is 2.66. The van der Waals surface area contributed by atoms with Crippen LogP contribution in [0.1, 0.15) is 19.7 Å². The fourth-order valence-electron chi connectivity index (χ4n) is 2.66. The van der Waals surface area contributed by atoms with Crippen LogP contribution < -0.4 is 5.32 Å². The van der Waals surface area contributed by atoms with E-state index in [1.165, 1.54) is 12.1 Å². The Labute approximate surface area is 123 Å². The Balaban J connectivity index is 1.74. The zero-order valence-electron chi connectivity index (χ0n) is 12.2. The Bertz CT molecular complexity index is 588. The van der Waals surface area contributed by atoms with Crippen LogP contribution in [0.5, 0.6) is 0 Å². The summed E-state index contributed by atoms with van der Waals surface area (Å²) >= 11 is 0. The summed E-state index contributed by atoms with van der Waals surface area (Å²) in [6.45, 7) is 6.92. The third kappa shape index (κ3) is 3.11. The maximum Gasteiger partial charge on any atom is 0.247 e. The molecule has 21 heavy (non-hydrogen) atoms. The standard InChI is InChI=1S/C15H19FN4O/c1-10-7-17-8-11(2)20(10)9-14-18-19-15(21-14)12-3-5-13(16)6-4-12/h3-6,10-11,17H,7-9H2,1-2H3. The average Bonchev–Trinajstić information content (AvgIpc) is 2.92. The third-order valence-corrected chi connectivity index (χ3v) is 3.89. The van der Waals surface area contributed by atoms with Gasteiger partial charge in [-0.25, -0.2) is 4.39 Å². The van der Waals surface area contributed by atoms with E-state index in [1.807, 2.05) is 0 Å². The topological polar surface area (TPSA) is 54.2 Å². The second kappa shape index (κ2) is 5.91. The smallest absolute Gasteiger partial charge is 0.247 e. The van der Waals surface area contributed by atoms with Crippen LogP contribution in [0.25, 0.3) is 11.5 Å². The number of hydrogen-bond acceptors (Lipinski definition) is 5. The van der Waals surface area contributed by atoms with Crippen LogP contribution in [0.2, 0.25) is 0 Å². The zero-order valence-corrected chi connectivity index (χ0v) is 12.2. The van der Waals surface area contributed by atoms with E-state index in [2.05, 4.69) is 34.3 Å². The van der Waals surface area contributed by atoms with Crippen molar-refractivity contribution >= 4 is 0 Å². The van der Waals surface area contributed by atoms with Gasteiger partial charge in [-0.15, -0.1) is 10.2 Å². The quantitative estimate of drug-likeness (QED) is 0.937. The molecule has 1 aromatic carbocycles. The van der Waals surface area contributed by atoms with E-state index in [0.29, 0.717) is 30.4 Å². The van der Waals surface area contributed by atoms with Crippen molar-refractivity contribution in [1.82, 2.24) is 20.4 Å². The predicted octanol–water partition coefficient (Wildman–Crippen LogP) is 2.06. The normalized spacial score (nSPS) is 23.4. The number of benzene rings is 1. The molecule has 2 aromatic rings. The van der Waals surface area contributed by atoms with Gasteiger partial charge in [0.2, 0.25) is 11.8 Å². The van der Waals surface area contributed by atoms with Gasteiger partial charge in [0.25, 0.3) is 0 Å². The van der Waals surface area contributed by atoms with Gasteiger partial charge >= 0.3 is 0 Å². The highest BCUT2D eigenvalue weighted by atomic mass is 19.1. The first kappa shape index (κ1) is 14.2. The molecule has 1 saturated heterocycles. The molecule has 0 bridgehead atoms. The van der Waals surface area contributed by atoms with Gasteiger partial charge < -0.3 is 9.73 Å². The van der Waals surface area contributed by atoms with E-state index < -0.39 is 0 Å². The van der Waals surface area contributed by atoms with Gasteiger partial charge in [0.15, 0.2) is 0 Å². The highest BCUT2D eigenvalue weighted by molar-refractivity contribution is 5.51. The number of halogens is 1. The van der Waals surface area contributed by atoms with Crippen molar-refractivity contribution in [3.05, 3.63) is 36.0 Å².